The lowest BCUT2D eigenvalue weighted by Crippen LogP contribution is -2.39. The van der Waals surface area contributed by atoms with Gasteiger partial charge in [0.15, 0.2) is 21.8 Å². The highest BCUT2D eigenvalue weighted by molar-refractivity contribution is 7.98. The van der Waals surface area contributed by atoms with Crippen LogP contribution in [0, 0.1) is 0 Å². The maximum Gasteiger partial charge on any atom is 0.191 e. The van der Waals surface area contributed by atoms with Gasteiger partial charge >= 0.3 is 0 Å². The van der Waals surface area contributed by atoms with Crippen LogP contribution >= 0.6 is 23.1 Å². The number of thioether (sulfide) groups is 1. The highest BCUT2D eigenvalue weighted by atomic mass is 32.2. The minimum atomic E-state index is -0.0270. The van der Waals surface area contributed by atoms with Crippen LogP contribution in [-0.4, -0.2) is 57.0 Å². The molecule has 1 saturated carbocycles. The van der Waals surface area contributed by atoms with Crippen LogP contribution in [0.25, 0.3) is 10.3 Å². The third-order valence-electron chi connectivity index (χ3n) is 6.24. The summed E-state index contributed by atoms with van der Waals surface area (Å²) in [4.78, 5) is 16.9. The molecule has 34 heavy (non-hydrogen) atoms. The number of benzene rings is 1. The number of anilines is 2. The SMILES string of the molecule is CCCC(CO)Nc1nc2nc(SCc3ccccc3)nc(N(CCO)C3CCCCC3)c2s1. The summed E-state index contributed by atoms with van der Waals surface area (Å²) in [6, 6.07) is 10.7. The summed E-state index contributed by atoms with van der Waals surface area (Å²) in [5.74, 6) is 1.66. The van der Waals surface area contributed by atoms with Crippen molar-refractivity contribution in [1.82, 2.24) is 15.0 Å². The number of nitrogens with one attached hydrogen (secondary N) is 1. The lowest BCUT2D eigenvalue weighted by Gasteiger charge is -2.35. The van der Waals surface area contributed by atoms with Crippen molar-refractivity contribution in [2.45, 2.75) is 74.9 Å². The largest absolute Gasteiger partial charge is 0.395 e. The first-order valence-electron chi connectivity index (χ1n) is 12.3. The van der Waals surface area contributed by atoms with E-state index in [1.165, 1.54) is 24.8 Å². The number of aliphatic hydroxyl groups excluding tert-OH is 2. The van der Waals surface area contributed by atoms with Gasteiger partial charge in [0.1, 0.15) is 4.70 Å². The predicted octanol–water partition coefficient (Wildman–Crippen LogP) is 5.08. The number of aromatic nitrogens is 3. The summed E-state index contributed by atoms with van der Waals surface area (Å²) >= 11 is 3.16. The summed E-state index contributed by atoms with van der Waals surface area (Å²) in [6.07, 6.45) is 7.79. The number of aliphatic hydroxyl groups is 2. The van der Waals surface area contributed by atoms with Crippen LogP contribution in [0.4, 0.5) is 10.9 Å². The molecular formula is C25H35N5O2S2. The van der Waals surface area contributed by atoms with Gasteiger partial charge in [0, 0.05) is 18.3 Å². The molecule has 0 amide bonds. The first-order chi connectivity index (χ1) is 16.7. The molecule has 1 fully saturated rings. The van der Waals surface area contributed by atoms with E-state index in [1.54, 1.807) is 23.1 Å². The molecule has 0 bridgehead atoms. The van der Waals surface area contributed by atoms with E-state index >= 15 is 0 Å². The monoisotopic (exact) mass is 501 g/mol. The maximum absolute atomic E-state index is 9.89. The molecule has 1 aromatic carbocycles. The Bertz CT molecular complexity index is 1030. The average Bonchev–Trinajstić information content (AvgIpc) is 3.29. The number of nitrogens with zero attached hydrogens (tertiary/aromatic N) is 4. The molecule has 9 heteroatoms. The Balaban J connectivity index is 1.69. The third-order valence-corrected chi connectivity index (χ3v) is 8.13. The summed E-state index contributed by atoms with van der Waals surface area (Å²) < 4.78 is 0.943. The van der Waals surface area contributed by atoms with Crippen molar-refractivity contribution < 1.29 is 10.2 Å². The van der Waals surface area contributed by atoms with E-state index in [0.29, 0.717) is 23.4 Å². The van der Waals surface area contributed by atoms with Crippen LogP contribution in [0.3, 0.4) is 0 Å². The summed E-state index contributed by atoms with van der Waals surface area (Å²) in [5.41, 5.74) is 1.91. The minimum absolute atomic E-state index is 0.0270. The van der Waals surface area contributed by atoms with Gasteiger partial charge in [0.2, 0.25) is 0 Å². The Morgan fingerprint density at radius 1 is 1.12 bits per heavy atom. The summed E-state index contributed by atoms with van der Waals surface area (Å²) in [7, 11) is 0. The molecule has 3 N–H and O–H groups in total. The van der Waals surface area contributed by atoms with E-state index in [2.05, 4.69) is 29.3 Å². The zero-order chi connectivity index (χ0) is 23.8. The lowest BCUT2D eigenvalue weighted by molar-refractivity contribution is 0.268. The van der Waals surface area contributed by atoms with Gasteiger partial charge in [-0.25, -0.2) is 9.97 Å². The molecule has 0 saturated heterocycles. The first-order valence-corrected chi connectivity index (χ1v) is 14.1. The molecule has 0 spiro atoms. The van der Waals surface area contributed by atoms with Crippen LogP contribution in [0.1, 0.15) is 57.4 Å². The van der Waals surface area contributed by atoms with Crippen molar-refractivity contribution in [3.8, 4) is 0 Å². The Hall–Kier alpha value is -1.94. The van der Waals surface area contributed by atoms with Gasteiger partial charge in [-0.05, 0) is 24.8 Å². The molecule has 0 radical (unpaired) electrons. The second kappa shape index (κ2) is 12.7. The Morgan fingerprint density at radius 2 is 1.91 bits per heavy atom. The van der Waals surface area contributed by atoms with Crippen molar-refractivity contribution in [2.75, 3.05) is 30.0 Å². The fraction of sp³-hybridized carbons (Fsp3) is 0.560. The number of hydrogen-bond acceptors (Lipinski definition) is 9. The first kappa shape index (κ1) is 25.2. The van der Waals surface area contributed by atoms with Crippen LogP contribution in [0.2, 0.25) is 0 Å². The molecule has 0 aliphatic heterocycles. The molecule has 1 unspecified atom stereocenters. The van der Waals surface area contributed by atoms with Crippen molar-refractivity contribution in [3.63, 3.8) is 0 Å². The number of hydrogen-bond donors (Lipinski definition) is 3. The molecule has 1 atom stereocenters. The van der Waals surface area contributed by atoms with Crippen molar-refractivity contribution in [3.05, 3.63) is 35.9 Å². The topological polar surface area (TPSA) is 94.4 Å². The second-order valence-electron chi connectivity index (χ2n) is 8.80. The van der Waals surface area contributed by atoms with E-state index in [-0.39, 0.29) is 19.3 Å². The van der Waals surface area contributed by atoms with E-state index in [4.69, 9.17) is 15.0 Å². The maximum atomic E-state index is 9.89. The quantitative estimate of drug-likeness (QED) is 0.234. The van der Waals surface area contributed by atoms with Gasteiger partial charge in [0.25, 0.3) is 0 Å². The van der Waals surface area contributed by atoms with Crippen molar-refractivity contribution in [2.24, 2.45) is 0 Å². The molecule has 2 heterocycles. The third kappa shape index (κ3) is 6.38. The highest BCUT2D eigenvalue weighted by Crippen LogP contribution is 2.37. The van der Waals surface area contributed by atoms with Crippen LogP contribution in [0.15, 0.2) is 35.5 Å². The zero-order valence-corrected chi connectivity index (χ0v) is 21.5. The lowest BCUT2D eigenvalue weighted by atomic mass is 9.94. The van der Waals surface area contributed by atoms with Crippen LogP contribution < -0.4 is 10.2 Å². The fourth-order valence-electron chi connectivity index (χ4n) is 4.53. The van der Waals surface area contributed by atoms with E-state index in [0.717, 1.165) is 47.1 Å². The summed E-state index contributed by atoms with van der Waals surface area (Å²) in [6.45, 7) is 2.81. The Morgan fingerprint density at radius 3 is 2.62 bits per heavy atom. The highest BCUT2D eigenvalue weighted by Gasteiger charge is 2.26. The van der Waals surface area contributed by atoms with E-state index < -0.39 is 0 Å². The predicted molar refractivity (Wildman–Crippen MR) is 142 cm³/mol. The van der Waals surface area contributed by atoms with Gasteiger partial charge in [-0.15, -0.1) is 0 Å². The average molecular weight is 502 g/mol. The molecule has 1 aliphatic carbocycles. The Kier molecular flexibility index (Phi) is 9.38. The van der Waals surface area contributed by atoms with Crippen LogP contribution in [-0.2, 0) is 5.75 Å². The minimum Gasteiger partial charge on any atom is -0.395 e. The van der Waals surface area contributed by atoms with E-state index in [9.17, 15) is 10.2 Å². The van der Waals surface area contributed by atoms with E-state index in [1.807, 2.05) is 18.2 Å². The number of fused-ring (bicyclic) bond motifs is 1. The van der Waals surface area contributed by atoms with Gasteiger partial charge in [-0.2, -0.15) is 4.98 Å². The van der Waals surface area contributed by atoms with Crippen LogP contribution in [0.5, 0.6) is 0 Å². The Labute approximate surface area is 210 Å². The summed E-state index contributed by atoms with van der Waals surface area (Å²) in [5, 5.41) is 24.5. The normalized spacial score (nSPS) is 15.5. The van der Waals surface area contributed by atoms with Crippen molar-refractivity contribution in [1.29, 1.82) is 0 Å². The zero-order valence-electron chi connectivity index (χ0n) is 19.8. The fourth-order valence-corrected chi connectivity index (χ4v) is 6.31. The van der Waals surface area contributed by atoms with Gasteiger partial charge in [-0.3, -0.25) is 0 Å². The second-order valence-corrected chi connectivity index (χ2v) is 10.7. The van der Waals surface area contributed by atoms with Gasteiger partial charge in [-0.1, -0.05) is 86.0 Å². The molecule has 2 aromatic heterocycles. The molecule has 7 nitrogen and oxygen atoms in total. The molecule has 3 aromatic rings. The molecule has 184 valence electrons. The molecule has 1 aliphatic rings. The van der Waals surface area contributed by atoms with Gasteiger partial charge < -0.3 is 20.4 Å². The van der Waals surface area contributed by atoms with Gasteiger partial charge in [0.05, 0.1) is 19.3 Å². The molecular weight excluding hydrogens is 466 g/mol. The van der Waals surface area contributed by atoms with Crippen molar-refractivity contribution >= 4 is 44.4 Å². The molecule has 4 rings (SSSR count). The number of rotatable bonds is 12. The smallest absolute Gasteiger partial charge is 0.191 e. The number of thiazole rings is 1. The standard InChI is InChI=1S/C25H35N5O2S2/c1-2-9-19(16-32)26-25-28-22-21(34-25)23(30(14-15-31)20-12-7-4-8-13-20)29-24(27-22)33-17-18-10-5-3-6-11-18/h3,5-6,10-11,19-20,31-32H,2,4,7-9,12-17H2,1H3,(H,26,27,28,29).